The van der Waals surface area contributed by atoms with Gasteiger partial charge in [-0.25, -0.2) is 4.98 Å². The topological polar surface area (TPSA) is 77.2 Å². The van der Waals surface area contributed by atoms with Crippen LogP contribution in [0, 0.1) is 0 Å². The number of hydrogen-bond acceptors (Lipinski definition) is 4. The van der Waals surface area contributed by atoms with Crippen molar-refractivity contribution >= 4 is 29.8 Å². The zero-order valence-corrected chi connectivity index (χ0v) is 10.1. The van der Waals surface area contributed by atoms with Crippen LogP contribution in [0.2, 0.25) is 0 Å². The molecule has 0 aromatic carbocycles. The van der Waals surface area contributed by atoms with Gasteiger partial charge in [-0.1, -0.05) is 6.92 Å². The first-order valence-corrected chi connectivity index (χ1v) is 4.85. The molecule has 0 fully saturated rings. The minimum absolute atomic E-state index is 0. The van der Waals surface area contributed by atoms with E-state index < -0.39 is 0 Å². The van der Waals surface area contributed by atoms with Gasteiger partial charge in [0.25, 0.3) is 0 Å². The summed E-state index contributed by atoms with van der Waals surface area (Å²) in [5.74, 6) is 0.890. The van der Waals surface area contributed by atoms with Crippen molar-refractivity contribution in [2.45, 2.75) is 20.3 Å². The first-order valence-electron chi connectivity index (χ1n) is 4.85. The molecular weight excluding hydrogens is 230 g/mol. The first kappa shape index (κ1) is 14.5. The van der Waals surface area contributed by atoms with Crippen LogP contribution in [0.1, 0.15) is 20.3 Å². The van der Waals surface area contributed by atoms with E-state index in [9.17, 15) is 4.79 Å². The summed E-state index contributed by atoms with van der Waals surface area (Å²) in [6.07, 6.45) is 1.92. The number of carbonyl (C=O) groups excluding carboxylic acids is 1. The lowest BCUT2D eigenvalue weighted by molar-refractivity contribution is -0.115. The number of anilines is 2. The van der Waals surface area contributed by atoms with Crippen molar-refractivity contribution in [2.75, 3.05) is 17.7 Å². The standard InChI is InChI=1S/C10H15N3O2.ClH/c1-3-10(14)13-9-5-7(11)8(6-12-9)15-4-2;/h5-6H,3-4H2,1-2H3,(H3,11,12,13,14);1H. The molecule has 16 heavy (non-hydrogen) atoms. The molecule has 0 spiro atoms. The number of pyridine rings is 1. The summed E-state index contributed by atoms with van der Waals surface area (Å²) in [5.41, 5.74) is 6.18. The fourth-order valence-electron chi connectivity index (χ4n) is 1.03. The van der Waals surface area contributed by atoms with E-state index in [4.69, 9.17) is 10.5 Å². The summed E-state index contributed by atoms with van der Waals surface area (Å²) < 4.78 is 5.22. The summed E-state index contributed by atoms with van der Waals surface area (Å²) >= 11 is 0. The number of carbonyl (C=O) groups is 1. The van der Waals surface area contributed by atoms with Gasteiger partial charge in [0.05, 0.1) is 18.5 Å². The number of rotatable bonds is 4. The number of nitrogen functional groups attached to an aromatic ring is 1. The van der Waals surface area contributed by atoms with Crippen LogP contribution in [0.5, 0.6) is 5.75 Å². The normalized spacial score (nSPS) is 9.12. The molecule has 6 heteroatoms. The molecule has 0 aliphatic rings. The number of aromatic nitrogens is 1. The van der Waals surface area contributed by atoms with Gasteiger partial charge in [-0.15, -0.1) is 12.4 Å². The van der Waals surface area contributed by atoms with Crippen LogP contribution in [-0.4, -0.2) is 17.5 Å². The van der Waals surface area contributed by atoms with Gasteiger partial charge in [-0.2, -0.15) is 0 Å². The Hall–Kier alpha value is -1.49. The highest BCUT2D eigenvalue weighted by molar-refractivity contribution is 5.90. The number of nitrogens with one attached hydrogen (secondary N) is 1. The van der Waals surface area contributed by atoms with Crippen molar-refractivity contribution in [1.82, 2.24) is 4.98 Å². The average molecular weight is 246 g/mol. The van der Waals surface area contributed by atoms with E-state index in [0.29, 0.717) is 30.3 Å². The van der Waals surface area contributed by atoms with Gasteiger partial charge in [-0.3, -0.25) is 4.79 Å². The lowest BCUT2D eigenvalue weighted by Crippen LogP contribution is -2.11. The van der Waals surface area contributed by atoms with E-state index in [0.717, 1.165) is 0 Å². The summed E-state index contributed by atoms with van der Waals surface area (Å²) in [5, 5.41) is 2.62. The van der Waals surface area contributed by atoms with Crippen LogP contribution in [0.15, 0.2) is 12.3 Å². The average Bonchev–Trinajstić information content (AvgIpc) is 2.22. The maximum absolute atomic E-state index is 11.1. The SMILES string of the molecule is CCOc1cnc(NC(=O)CC)cc1N.Cl. The second-order valence-corrected chi connectivity index (χ2v) is 2.94. The van der Waals surface area contributed by atoms with E-state index in [2.05, 4.69) is 10.3 Å². The molecule has 0 saturated carbocycles. The van der Waals surface area contributed by atoms with Crippen molar-refractivity contribution in [3.8, 4) is 5.75 Å². The van der Waals surface area contributed by atoms with Gasteiger partial charge in [0.2, 0.25) is 5.91 Å². The molecule has 5 nitrogen and oxygen atoms in total. The number of nitrogens with zero attached hydrogens (tertiary/aromatic N) is 1. The maximum atomic E-state index is 11.1. The molecule has 0 bridgehead atoms. The highest BCUT2D eigenvalue weighted by Crippen LogP contribution is 2.22. The second kappa shape index (κ2) is 6.90. The first-order chi connectivity index (χ1) is 7.17. The molecule has 1 aromatic rings. The van der Waals surface area contributed by atoms with E-state index in [1.807, 2.05) is 6.92 Å². The Labute approximate surface area is 101 Å². The summed E-state index contributed by atoms with van der Waals surface area (Å²) in [6, 6.07) is 1.58. The fraction of sp³-hybridized carbons (Fsp3) is 0.400. The summed E-state index contributed by atoms with van der Waals surface area (Å²) in [7, 11) is 0. The van der Waals surface area contributed by atoms with Crippen molar-refractivity contribution in [3.05, 3.63) is 12.3 Å². The molecule has 0 aliphatic heterocycles. The third-order valence-electron chi connectivity index (χ3n) is 1.79. The molecule has 1 amide bonds. The van der Waals surface area contributed by atoms with Gasteiger partial charge in [0, 0.05) is 12.5 Å². The maximum Gasteiger partial charge on any atom is 0.225 e. The van der Waals surface area contributed by atoms with Gasteiger partial charge in [-0.05, 0) is 6.92 Å². The predicted molar refractivity (Wildman–Crippen MR) is 66.0 cm³/mol. The highest BCUT2D eigenvalue weighted by Gasteiger charge is 2.04. The van der Waals surface area contributed by atoms with Crippen molar-refractivity contribution in [3.63, 3.8) is 0 Å². The minimum Gasteiger partial charge on any atom is -0.490 e. The smallest absolute Gasteiger partial charge is 0.225 e. The lowest BCUT2D eigenvalue weighted by Gasteiger charge is -2.08. The molecule has 0 radical (unpaired) electrons. The monoisotopic (exact) mass is 245 g/mol. The Morgan fingerprint density at radius 3 is 2.75 bits per heavy atom. The Balaban J connectivity index is 0.00000225. The number of hydrogen-bond donors (Lipinski definition) is 2. The quantitative estimate of drug-likeness (QED) is 0.849. The predicted octanol–water partition coefficient (Wildman–Crippen LogP) is 1.83. The van der Waals surface area contributed by atoms with Crippen molar-refractivity contribution in [2.24, 2.45) is 0 Å². The molecule has 0 saturated heterocycles. The summed E-state index contributed by atoms with van der Waals surface area (Å²) in [4.78, 5) is 15.1. The minimum atomic E-state index is -0.0916. The molecule has 1 rings (SSSR count). The van der Waals surface area contributed by atoms with Crippen LogP contribution in [0.25, 0.3) is 0 Å². The molecule has 3 N–H and O–H groups in total. The molecule has 1 aromatic heterocycles. The molecule has 0 atom stereocenters. The third kappa shape index (κ3) is 3.94. The van der Waals surface area contributed by atoms with Crippen LogP contribution >= 0.6 is 12.4 Å². The van der Waals surface area contributed by atoms with Gasteiger partial charge < -0.3 is 15.8 Å². The van der Waals surface area contributed by atoms with Crippen LogP contribution < -0.4 is 15.8 Å². The Morgan fingerprint density at radius 1 is 1.56 bits per heavy atom. The van der Waals surface area contributed by atoms with E-state index >= 15 is 0 Å². The van der Waals surface area contributed by atoms with E-state index in [-0.39, 0.29) is 18.3 Å². The third-order valence-corrected chi connectivity index (χ3v) is 1.79. The van der Waals surface area contributed by atoms with Crippen LogP contribution in [0.4, 0.5) is 11.5 Å². The van der Waals surface area contributed by atoms with Gasteiger partial charge >= 0.3 is 0 Å². The Bertz CT molecular complexity index is 358. The van der Waals surface area contributed by atoms with Crippen molar-refractivity contribution in [1.29, 1.82) is 0 Å². The van der Waals surface area contributed by atoms with E-state index in [1.54, 1.807) is 13.0 Å². The molecular formula is C10H16ClN3O2. The Kier molecular flexibility index (Phi) is 6.25. The van der Waals surface area contributed by atoms with Crippen molar-refractivity contribution < 1.29 is 9.53 Å². The molecule has 90 valence electrons. The fourth-order valence-corrected chi connectivity index (χ4v) is 1.03. The van der Waals surface area contributed by atoms with Gasteiger partial charge in [0.1, 0.15) is 5.82 Å². The lowest BCUT2D eigenvalue weighted by atomic mass is 10.3. The van der Waals surface area contributed by atoms with Crippen LogP contribution in [-0.2, 0) is 4.79 Å². The highest BCUT2D eigenvalue weighted by atomic mass is 35.5. The second-order valence-electron chi connectivity index (χ2n) is 2.94. The van der Waals surface area contributed by atoms with E-state index in [1.165, 1.54) is 6.20 Å². The number of ether oxygens (including phenoxy) is 1. The molecule has 1 heterocycles. The zero-order chi connectivity index (χ0) is 11.3. The Morgan fingerprint density at radius 2 is 2.25 bits per heavy atom. The number of halogens is 1. The van der Waals surface area contributed by atoms with Crippen LogP contribution in [0.3, 0.4) is 0 Å². The molecule has 0 aliphatic carbocycles. The largest absolute Gasteiger partial charge is 0.490 e. The zero-order valence-electron chi connectivity index (χ0n) is 9.32. The number of nitrogens with two attached hydrogens (primary N) is 1. The number of amides is 1. The van der Waals surface area contributed by atoms with Gasteiger partial charge in [0.15, 0.2) is 5.75 Å². The molecule has 0 unspecified atom stereocenters. The summed E-state index contributed by atoms with van der Waals surface area (Å²) in [6.45, 7) is 4.17.